The Hall–Kier alpha value is -1.84. The highest BCUT2D eigenvalue weighted by Crippen LogP contribution is 2.15. The molecule has 1 heterocycles. The molecule has 0 bridgehead atoms. The molecular weight excluding hydrogens is 202 g/mol. The van der Waals surface area contributed by atoms with Gasteiger partial charge in [-0.3, -0.25) is 0 Å². The van der Waals surface area contributed by atoms with Gasteiger partial charge in [0.2, 0.25) is 0 Å². The predicted molar refractivity (Wildman–Crippen MR) is 61.4 cm³/mol. The Morgan fingerprint density at radius 2 is 1.94 bits per heavy atom. The van der Waals surface area contributed by atoms with Crippen LogP contribution in [0.5, 0.6) is 5.75 Å². The van der Waals surface area contributed by atoms with Crippen LogP contribution in [0.4, 0.5) is 0 Å². The number of aromatic nitrogens is 3. The number of benzene rings is 1. The fourth-order valence-electron chi connectivity index (χ4n) is 1.62. The van der Waals surface area contributed by atoms with Gasteiger partial charge in [-0.2, -0.15) is 5.10 Å². The maximum atomic E-state index is 5.65. The van der Waals surface area contributed by atoms with Crippen molar-refractivity contribution in [3.05, 3.63) is 42.0 Å². The third-order valence-electron chi connectivity index (χ3n) is 2.25. The van der Waals surface area contributed by atoms with Gasteiger partial charge >= 0.3 is 0 Å². The van der Waals surface area contributed by atoms with Crippen LogP contribution in [0.15, 0.2) is 30.9 Å². The van der Waals surface area contributed by atoms with Crippen LogP contribution in [-0.2, 0) is 6.54 Å². The molecule has 0 saturated heterocycles. The Kier molecular flexibility index (Phi) is 3.19. The van der Waals surface area contributed by atoms with Crippen LogP contribution in [0.2, 0.25) is 0 Å². The minimum absolute atomic E-state index is 0.603. The quantitative estimate of drug-likeness (QED) is 0.786. The molecule has 1 aromatic carbocycles. The molecule has 0 saturated carbocycles. The van der Waals surface area contributed by atoms with Crippen molar-refractivity contribution in [2.75, 3.05) is 6.61 Å². The maximum absolute atomic E-state index is 5.65. The minimum Gasteiger partial charge on any atom is -0.492 e. The zero-order valence-corrected chi connectivity index (χ0v) is 9.55. The van der Waals surface area contributed by atoms with Crippen molar-refractivity contribution in [2.24, 2.45) is 0 Å². The third kappa shape index (κ3) is 2.82. The molecule has 0 radical (unpaired) electrons. The summed E-state index contributed by atoms with van der Waals surface area (Å²) in [5.41, 5.74) is 2.44. The second kappa shape index (κ2) is 4.79. The average Bonchev–Trinajstić information content (AvgIpc) is 2.69. The largest absolute Gasteiger partial charge is 0.492 e. The summed E-state index contributed by atoms with van der Waals surface area (Å²) in [6, 6.07) is 6.20. The lowest BCUT2D eigenvalue weighted by molar-refractivity contribution is 0.291. The molecule has 0 atom stereocenters. The van der Waals surface area contributed by atoms with Crippen molar-refractivity contribution >= 4 is 0 Å². The van der Waals surface area contributed by atoms with Gasteiger partial charge < -0.3 is 4.74 Å². The highest BCUT2D eigenvalue weighted by atomic mass is 16.5. The van der Waals surface area contributed by atoms with Gasteiger partial charge in [0, 0.05) is 0 Å². The normalized spacial score (nSPS) is 10.4. The van der Waals surface area contributed by atoms with Crippen LogP contribution in [0.1, 0.15) is 11.1 Å². The zero-order chi connectivity index (χ0) is 11.4. The molecule has 4 heteroatoms. The SMILES string of the molecule is Cc1cc(C)cc(OCCn2cncn2)c1. The smallest absolute Gasteiger partial charge is 0.137 e. The van der Waals surface area contributed by atoms with Crippen molar-refractivity contribution in [3.63, 3.8) is 0 Å². The van der Waals surface area contributed by atoms with Gasteiger partial charge in [-0.1, -0.05) is 6.07 Å². The monoisotopic (exact) mass is 217 g/mol. The van der Waals surface area contributed by atoms with E-state index in [-0.39, 0.29) is 0 Å². The minimum atomic E-state index is 0.603. The summed E-state index contributed by atoms with van der Waals surface area (Å²) in [6.07, 6.45) is 3.21. The fraction of sp³-hybridized carbons (Fsp3) is 0.333. The van der Waals surface area contributed by atoms with E-state index in [1.807, 2.05) is 12.1 Å². The second-order valence-corrected chi connectivity index (χ2v) is 3.83. The van der Waals surface area contributed by atoms with Gasteiger partial charge in [-0.15, -0.1) is 0 Å². The maximum Gasteiger partial charge on any atom is 0.137 e. The molecular formula is C12H15N3O. The number of aryl methyl sites for hydroxylation is 2. The highest BCUT2D eigenvalue weighted by molar-refractivity contribution is 5.32. The summed E-state index contributed by atoms with van der Waals surface area (Å²) in [7, 11) is 0. The summed E-state index contributed by atoms with van der Waals surface area (Å²) >= 11 is 0. The molecule has 0 aliphatic rings. The average molecular weight is 217 g/mol. The second-order valence-electron chi connectivity index (χ2n) is 3.83. The first kappa shape index (κ1) is 10.7. The molecule has 2 aromatic rings. The van der Waals surface area contributed by atoms with E-state index in [0.29, 0.717) is 13.2 Å². The number of hydrogen-bond donors (Lipinski definition) is 0. The van der Waals surface area contributed by atoms with Gasteiger partial charge in [0.05, 0.1) is 6.54 Å². The van der Waals surface area contributed by atoms with Gasteiger partial charge in [-0.05, 0) is 37.1 Å². The molecule has 0 aliphatic heterocycles. The van der Waals surface area contributed by atoms with Crippen molar-refractivity contribution < 1.29 is 4.74 Å². The van der Waals surface area contributed by atoms with E-state index in [0.717, 1.165) is 5.75 Å². The van der Waals surface area contributed by atoms with Gasteiger partial charge in [-0.25, -0.2) is 9.67 Å². The number of nitrogens with zero attached hydrogens (tertiary/aromatic N) is 3. The molecule has 0 aliphatic carbocycles. The molecule has 0 spiro atoms. The molecule has 2 rings (SSSR count). The molecule has 0 unspecified atom stereocenters. The Balaban J connectivity index is 1.89. The Morgan fingerprint density at radius 3 is 2.56 bits per heavy atom. The Morgan fingerprint density at radius 1 is 1.19 bits per heavy atom. The zero-order valence-electron chi connectivity index (χ0n) is 9.55. The molecule has 84 valence electrons. The first-order valence-corrected chi connectivity index (χ1v) is 5.27. The van der Waals surface area contributed by atoms with Crippen LogP contribution in [0.3, 0.4) is 0 Å². The van der Waals surface area contributed by atoms with Crippen LogP contribution < -0.4 is 4.74 Å². The molecule has 4 nitrogen and oxygen atoms in total. The number of ether oxygens (including phenoxy) is 1. The molecule has 0 amide bonds. The summed E-state index contributed by atoms with van der Waals surface area (Å²) < 4.78 is 7.40. The lowest BCUT2D eigenvalue weighted by atomic mass is 10.1. The van der Waals surface area contributed by atoms with E-state index in [4.69, 9.17) is 4.74 Å². The molecule has 1 aromatic heterocycles. The van der Waals surface area contributed by atoms with Crippen LogP contribution in [0, 0.1) is 13.8 Å². The van der Waals surface area contributed by atoms with Crippen LogP contribution >= 0.6 is 0 Å². The highest BCUT2D eigenvalue weighted by Gasteiger charge is 1.97. The Labute approximate surface area is 94.9 Å². The van der Waals surface area contributed by atoms with Gasteiger partial charge in [0.25, 0.3) is 0 Å². The van der Waals surface area contributed by atoms with Crippen LogP contribution in [0.25, 0.3) is 0 Å². The molecule has 0 fully saturated rings. The Bertz CT molecular complexity index is 431. The lowest BCUT2D eigenvalue weighted by Crippen LogP contribution is -2.08. The topological polar surface area (TPSA) is 39.9 Å². The first-order valence-electron chi connectivity index (χ1n) is 5.27. The van der Waals surface area contributed by atoms with Crippen molar-refractivity contribution in [3.8, 4) is 5.75 Å². The predicted octanol–water partition coefficient (Wildman–Crippen LogP) is 1.97. The summed E-state index contributed by atoms with van der Waals surface area (Å²) in [6.45, 7) is 5.45. The van der Waals surface area contributed by atoms with Gasteiger partial charge in [0.15, 0.2) is 0 Å². The fourth-order valence-corrected chi connectivity index (χ4v) is 1.62. The van der Waals surface area contributed by atoms with E-state index >= 15 is 0 Å². The third-order valence-corrected chi connectivity index (χ3v) is 2.25. The van der Waals surface area contributed by atoms with Crippen molar-refractivity contribution in [1.82, 2.24) is 14.8 Å². The van der Waals surface area contributed by atoms with Crippen molar-refractivity contribution in [2.45, 2.75) is 20.4 Å². The number of hydrogen-bond acceptors (Lipinski definition) is 3. The van der Waals surface area contributed by atoms with E-state index in [1.165, 1.54) is 17.5 Å². The molecule has 0 N–H and O–H groups in total. The van der Waals surface area contributed by atoms with E-state index in [2.05, 4.69) is 30.0 Å². The van der Waals surface area contributed by atoms with Gasteiger partial charge in [0.1, 0.15) is 25.0 Å². The standard InChI is InChI=1S/C12H15N3O/c1-10-5-11(2)7-12(6-10)16-4-3-15-9-13-8-14-15/h5-9H,3-4H2,1-2H3. The van der Waals surface area contributed by atoms with E-state index in [9.17, 15) is 0 Å². The summed E-state index contributed by atoms with van der Waals surface area (Å²) in [5.74, 6) is 0.914. The lowest BCUT2D eigenvalue weighted by Gasteiger charge is -2.07. The molecule has 16 heavy (non-hydrogen) atoms. The first-order chi connectivity index (χ1) is 7.74. The van der Waals surface area contributed by atoms with E-state index in [1.54, 1.807) is 11.0 Å². The summed E-state index contributed by atoms with van der Waals surface area (Å²) in [4.78, 5) is 3.87. The van der Waals surface area contributed by atoms with Crippen molar-refractivity contribution in [1.29, 1.82) is 0 Å². The van der Waals surface area contributed by atoms with E-state index < -0.39 is 0 Å². The number of rotatable bonds is 4. The van der Waals surface area contributed by atoms with Crippen LogP contribution in [-0.4, -0.2) is 21.4 Å². The summed E-state index contributed by atoms with van der Waals surface area (Å²) in [5, 5.41) is 4.01.